The van der Waals surface area contributed by atoms with Crippen LogP contribution in [0.1, 0.15) is 5.56 Å². The van der Waals surface area contributed by atoms with E-state index < -0.39 is 0 Å². The van der Waals surface area contributed by atoms with Crippen molar-refractivity contribution in [3.63, 3.8) is 0 Å². The number of rotatable bonds is 4. The summed E-state index contributed by atoms with van der Waals surface area (Å²) in [6.45, 7) is 0.589. The molecule has 7 heteroatoms. The van der Waals surface area contributed by atoms with Crippen LogP contribution in [0.4, 0.5) is 11.5 Å². The first kappa shape index (κ1) is 14.5. The molecule has 0 radical (unpaired) electrons. The Labute approximate surface area is 133 Å². The maximum absolute atomic E-state index is 6.09. The van der Waals surface area contributed by atoms with Crippen LogP contribution in [0.2, 0.25) is 5.15 Å². The summed E-state index contributed by atoms with van der Waals surface area (Å²) in [6, 6.07) is 5.72. The summed E-state index contributed by atoms with van der Waals surface area (Å²) in [6.07, 6.45) is 5.14. The number of methoxy groups -OCH3 is 2. The molecule has 0 atom stereocenters. The van der Waals surface area contributed by atoms with Gasteiger partial charge >= 0.3 is 0 Å². The van der Waals surface area contributed by atoms with E-state index in [2.05, 4.69) is 15.3 Å². The Morgan fingerprint density at radius 3 is 2.86 bits per heavy atom. The van der Waals surface area contributed by atoms with Crippen molar-refractivity contribution in [1.29, 1.82) is 0 Å². The zero-order valence-corrected chi connectivity index (χ0v) is 13.0. The number of fused-ring (bicyclic) bond motifs is 1. The Balaban J connectivity index is 1.93. The summed E-state index contributed by atoms with van der Waals surface area (Å²) in [5.41, 5.74) is 1.70. The van der Waals surface area contributed by atoms with Gasteiger partial charge in [-0.3, -0.25) is 0 Å². The van der Waals surface area contributed by atoms with E-state index in [9.17, 15) is 0 Å². The molecule has 0 bridgehead atoms. The lowest BCUT2D eigenvalue weighted by Gasteiger charge is -2.26. The molecule has 0 spiro atoms. The Hall–Kier alpha value is -2.47. The third-order valence-corrected chi connectivity index (χ3v) is 3.66. The van der Waals surface area contributed by atoms with Crippen LogP contribution in [-0.4, -0.2) is 24.2 Å². The molecule has 1 aliphatic rings. The number of ether oxygens (including phenoxy) is 2. The van der Waals surface area contributed by atoms with E-state index in [1.807, 2.05) is 29.3 Å². The van der Waals surface area contributed by atoms with Gasteiger partial charge in [-0.1, -0.05) is 11.6 Å². The summed E-state index contributed by atoms with van der Waals surface area (Å²) in [5, 5.41) is 3.45. The molecule has 1 aliphatic heterocycles. The standard InChI is InChI=1S/C15H15ClN4O2/c1-21-11-4-3-10(12(7-11)22-2)8-20-6-5-17-13-14(16)18-9-19-15(13)20/h3-7,9,17H,8H2,1-2H3. The van der Waals surface area contributed by atoms with Gasteiger partial charge in [0.1, 0.15) is 23.5 Å². The Bertz CT molecular complexity index is 721. The highest BCUT2D eigenvalue weighted by atomic mass is 35.5. The summed E-state index contributed by atoms with van der Waals surface area (Å²) >= 11 is 6.09. The number of nitrogens with one attached hydrogen (secondary N) is 1. The first-order chi connectivity index (χ1) is 10.7. The van der Waals surface area contributed by atoms with Crippen molar-refractivity contribution in [3.05, 3.63) is 47.6 Å². The molecular formula is C15H15ClN4O2. The third-order valence-electron chi connectivity index (χ3n) is 3.37. The number of anilines is 2. The highest BCUT2D eigenvalue weighted by Gasteiger charge is 2.19. The average Bonchev–Trinajstić information content (AvgIpc) is 2.56. The van der Waals surface area contributed by atoms with Crippen molar-refractivity contribution >= 4 is 23.1 Å². The van der Waals surface area contributed by atoms with Gasteiger partial charge in [-0.25, -0.2) is 9.97 Å². The molecule has 114 valence electrons. The van der Waals surface area contributed by atoms with Gasteiger partial charge in [-0.05, 0) is 12.1 Å². The second kappa shape index (κ2) is 6.11. The van der Waals surface area contributed by atoms with Gasteiger partial charge in [0.05, 0.1) is 20.8 Å². The van der Waals surface area contributed by atoms with Crippen molar-refractivity contribution in [2.24, 2.45) is 0 Å². The van der Waals surface area contributed by atoms with Gasteiger partial charge in [0, 0.05) is 24.0 Å². The maximum atomic E-state index is 6.09. The predicted octanol–water partition coefficient (Wildman–Crippen LogP) is 3.05. The molecule has 1 aromatic heterocycles. The summed E-state index contributed by atoms with van der Waals surface area (Å²) in [4.78, 5) is 10.3. The molecule has 2 heterocycles. The van der Waals surface area contributed by atoms with E-state index in [1.54, 1.807) is 20.4 Å². The van der Waals surface area contributed by atoms with Crippen LogP contribution in [-0.2, 0) is 6.54 Å². The van der Waals surface area contributed by atoms with Crippen LogP contribution in [0.25, 0.3) is 0 Å². The van der Waals surface area contributed by atoms with Gasteiger partial charge in [0.15, 0.2) is 11.0 Å². The van der Waals surface area contributed by atoms with Crippen LogP contribution in [0.15, 0.2) is 36.9 Å². The first-order valence-electron chi connectivity index (χ1n) is 6.64. The maximum Gasteiger partial charge on any atom is 0.161 e. The van der Waals surface area contributed by atoms with Crippen LogP contribution in [0, 0.1) is 0 Å². The second-order valence-electron chi connectivity index (χ2n) is 4.63. The normalized spacial score (nSPS) is 12.6. The number of benzene rings is 1. The second-order valence-corrected chi connectivity index (χ2v) is 4.99. The summed E-state index contributed by atoms with van der Waals surface area (Å²) in [5.74, 6) is 2.23. The largest absolute Gasteiger partial charge is 0.497 e. The number of nitrogens with zero attached hydrogens (tertiary/aromatic N) is 3. The molecule has 0 saturated heterocycles. The molecule has 0 saturated carbocycles. The molecule has 0 amide bonds. The molecule has 2 aromatic rings. The van der Waals surface area contributed by atoms with Gasteiger partial charge in [-0.15, -0.1) is 0 Å². The van der Waals surface area contributed by atoms with Gasteiger partial charge in [-0.2, -0.15) is 0 Å². The van der Waals surface area contributed by atoms with E-state index in [1.165, 1.54) is 6.33 Å². The van der Waals surface area contributed by atoms with E-state index >= 15 is 0 Å². The molecular weight excluding hydrogens is 304 g/mol. The smallest absolute Gasteiger partial charge is 0.161 e. The van der Waals surface area contributed by atoms with Crippen LogP contribution >= 0.6 is 11.6 Å². The zero-order chi connectivity index (χ0) is 15.5. The Morgan fingerprint density at radius 2 is 2.09 bits per heavy atom. The number of aromatic nitrogens is 2. The molecule has 0 fully saturated rings. The fourth-order valence-corrected chi connectivity index (χ4v) is 2.45. The van der Waals surface area contributed by atoms with Crippen LogP contribution < -0.4 is 19.7 Å². The minimum Gasteiger partial charge on any atom is -0.497 e. The predicted molar refractivity (Wildman–Crippen MR) is 85.5 cm³/mol. The lowest BCUT2D eigenvalue weighted by atomic mass is 10.1. The third kappa shape index (κ3) is 2.65. The molecule has 3 rings (SSSR count). The molecule has 6 nitrogen and oxygen atoms in total. The first-order valence-corrected chi connectivity index (χ1v) is 7.02. The molecule has 22 heavy (non-hydrogen) atoms. The fourth-order valence-electron chi connectivity index (χ4n) is 2.27. The number of hydrogen-bond acceptors (Lipinski definition) is 6. The van der Waals surface area contributed by atoms with E-state index in [4.69, 9.17) is 21.1 Å². The molecule has 1 N–H and O–H groups in total. The van der Waals surface area contributed by atoms with Crippen LogP contribution in [0.5, 0.6) is 11.5 Å². The fraction of sp³-hybridized carbons (Fsp3) is 0.200. The minimum atomic E-state index is 0.390. The van der Waals surface area contributed by atoms with Crippen molar-refractivity contribution in [2.45, 2.75) is 6.54 Å². The lowest BCUT2D eigenvalue weighted by molar-refractivity contribution is 0.391. The molecule has 0 unspecified atom stereocenters. The average molecular weight is 319 g/mol. The zero-order valence-electron chi connectivity index (χ0n) is 12.2. The monoisotopic (exact) mass is 318 g/mol. The Kier molecular flexibility index (Phi) is 4.02. The number of halogens is 1. The highest BCUT2D eigenvalue weighted by Crippen LogP contribution is 2.34. The molecule has 1 aromatic carbocycles. The van der Waals surface area contributed by atoms with Crippen molar-refractivity contribution in [3.8, 4) is 11.5 Å². The number of hydrogen-bond donors (Lipinski definition) is 1. The Morgan fingerprint density at radius 1 is 1.23 bits per heavy atom. The SMILES string of the molecule is COc1ccc(CN2C=CNc3c(Cl)ncnc32)c(OC)c1. The van der Waals surface area contributed by atoms with Crippen molar-refractivity contribution < 1.29 is 9.47 Å². The van der Waals surface area contributed by atoms with Crippen molar-refractivity contribution in [1.82, 2.24) is 9.97 Å². The van der Waals surface area contributed by atoms with Gasteiger partial charge in [0.2, 0.25) is 0 Å². The van der Waals surface area contributed by atoms with Gasteiger partial charge < -0.3 is 19.7 Å². The topological polar surface area (TPSA) is 59.5 Å². The van der Waals surface area contributed by atoms with E-state index in [0.717, 1.165) is 22.9 Å². The summed E-state index contributed by atoms with van der Waals surface area (Å²) in [7, 11) is 3.27. The quantitative estimate of drug-likeness (QED) is 0.874. The van der Waals surface area contributed by atoms with Crippen molar-refractivity contribution in [2.75, 3.05) is 24.4 Å². The highest BCUT2D eigenvalue weighted by molar-refractivity contribution is 6.32. The van der Waals surface area contributed by atoms with E-state index in [0.29, 0.717) is 17.4 Å². The van der Waals surface area contributed by atoms with Crippen LogP contribution in [0.3, 0.4) is 0 Å². The lowest BCUT2D eigenvalue weighted by Crippen LogP contribution is -2.22. The van der Waals surface area contributed by atoms with Gasteiger partial charge in [0.25, 0.3) is 0 Å². The minimum absolute atomic E-state index is 0.390. The van der Waals surface area contributed by atoms with E-state index in [-0.39, 0.29) is 0 Å². The summed E-state index contributed by atoms with van der Waals surface area (Å²) < 4.78 is 10.7. The molecule has 0 aliphatic carbocycles.